The van der Waals surface area contributed by atoms with Crippen LogP contribution in [0.1, 0.15) is 24.6 Å². The predicted molar refractivity (Wildman–Crippen MR) is 83.2 cm³/mol. The van der Waals surface area contributed by atoms with Crippen molar-refractivity contribution in [3.63, 3.8) is 0 Å². The average Bonchev–Trinajstić information content (AvgIpc) is 2.85. The highest BCUT2D eigenvalue weighted by atomic mass is 32.2. The van der Waals surface area contributed by atoms with Crippen molar-refractivity contribution in [3.05, 3.63) is 39.9 Å². The molecule has 1 unspecified atom stereocenters. The van der Waals surface area contributed by atoms with Crippen LogP contribution in [0.3, 0.4) is 0 Å². The molecule has 1 N–H and O–H groups in total. The number of amides is 1. The molecular formula is C14H19N3O3S. The Labute approximate surface area is 128 Å². The molecule has 0 aromatic heterocycles. The van der Waals surface area contributed by atoms with Crippen LogP contribution in [0.5, 0.6) is 0 Å². The van der Waals surface area contributed by atoms with E-state index in [-0.39, 0.29) is 24.3 Å². The summed E-state index contributed by atoms with van der Waals surface area (Å²) in [6.45, 7) is 0.968. The number of nitrogens with one attached hydrogen (secondary N) is 1. The van der Waals surface area contributed by atoms with Gasteiger partial charge in [-0.2, -0.15) is 11.8 Å². The second-order valence-corrected chi connectivity index (χ2v) is 5.91. The van der Waals surface area contributed by atoms with Gasteiger partial charge in [-0.05, 0) is 30.4 Å². The number of thioether (sulfide) groups is 1. The van der Waals surface area contributed by atoms with E-state index in [1.54, 1.807) is 22.7 Å². The number of hydrogen-bond donors (Lipinski definition) is 1. The summed E-state index contributed by atoms with van der Waals surface area (Å²) in [5, 5.41) is 14.0. The summed E-state index contributed by atoms with van der Waals surface area (Å²) in [7, 11) is 0. The van der Waals surface area contributed by atoms with E-state index < -0.39 is 4.92 Å². The summed E-state index contributed by atoms with van der Waals surface area (Å²) in [5.41, 5.74) is 0.816. The molecule has 1 heterocycles. The first-order valence-corrected chi connectivity index (χ1v) is 8.29. The van der Waals surface area contributed by atoms with Gasteiger partial charge in [-0.15, -0.1) is 0 Å². The van der Waals surface area contributed by atoms with Crippen LogP contribution in [0.15, 0.2) is 24.3 Å². The van der Waals surface area contributed by atoms with E-state index in [9.17, 15) is 14.9 Å². The fourth-order valence-corrected chi connectivity index (χ4v) is 2.92. The third kappa shape index (κ3) is 3.95. The van der Waals surface area contributed by atoms with E-state index in [1.165, 1.54) is 12.1 Å². The van der Waals surface area contributed by atoms with Crippen LogP contribution in [-0.4, -0.2) is 40.8 Å². The topological polar surface area (TPSA) is 75.5 Å². The third-order valence-corrected chi connectivity index (χ3v) is 4.17. The molecule has 114 valence electrons. The molecule has 6 nitrogen and oxygen atoms in total. The van der Waals surface area contributed by atoms with Gasteiger partial charge in [-0.25, -0.2) is 0 Å². The Hall–Kier alpha value is -1.60. The van der Waals surface area contributed by atoms with Crippen molar-refractivity contribution in [1.82, 2.24) is 10.2 Å². The molecule has 1 aromatic rings. The van der Waals surface area contributed by atoms with Crippen molar-refractivity contribution in [1.29, 1.82) is 0 Å². The number of benzene rings is 1. The van der Waals surface area contributed by atoms with Gasteiger partial charge in [-0.3, -0.25) is 20.2 Å². The minimum Gasteiger partial charge on any atom is -0.322 e. The van der Waals surface area contributed by atoms with Crippen molar-refractivity contribution >= 4 is 23.4 Å². The highest BCUT2D eigenvalue weighted by Gasteiger charge is 2.31. The molecule has 0 spiro atoms. The Morgan fingerprint density at radius 3 is 3.00 bits per heavy atom. The molecule has 21 heavy (non-hydrogen) atoms. The quantitative estimate of drug-likeness (QED) is 0.474. The number of nitro groups is 1. The van der Waals surface area contributed by atoms with Gasteiger partial charge in [-0.1, -0.05) is 12.1 Å². The summed E-state index contributed by atoms with van der Waals surface area (Å²) in [4.78, 5) is 24.2. The van der Waals surface area contributed by atoms with Gasteiger partial charge in [0, 0.05) is 18.7 Å². The lowest BCUT2D eigenvalue weighted by Crippen LogP contribution is -2.31. The number of nitrogens with zero attached hydrogens (tertiary/aromatic N) is 2. The van der Waals surface area contributed by atoms with E-state index in [0.29, 0.717) is 6.54 Å². The van der Waals surface area contributed by atoms with Crippen molar-refractivity contribution in [2.45, 2.75) is 19.0 Å². The number of rotatable bonds is 7. The van der Waals surface area contributed by atoms with Crippen molar-refractivity contribution in [3.8, 4) is 0 Å². The fraction of sp³-hybridized carbons (Fsp3) is 0.500. The van der Waals surface area contributed by atoms with Crippen LogP contribution in [0.4, 0.5) is 5.69 Å². The van der Waals surface area contributed by atoms with Crippen LogP contribution in [0.25, 0.3) is 0 Å². The molecule has 1 atom stereocenters. The standard InChI is InChI=1S/C14H19N3O3S/c1-21-8-3-2-7-16-13(18)10-15-14(16)11-5-4-6-12(9-11)17(19)20/h4-6,9,14-15H,2-3,7-8,10H2,1H3. The van der Waals surface area contributed by atoms with Gasteiger partial charge in [0.25, 0.3) is 5.69 Å². The molecule has 1 aliphatic rings. The number of nitro benzene ring substituents is 1. The number of carbonyl (C=O) groups is 1. The third-order valence-electron chi connectivity index (χ3n) is 3.47. The van der Waals surface area contributed by atoms with Crippen molar-refractivity contribution < 1.29 is 9.72 Å². The SMILES string of the molecule is CSCCCCN1C(=O)CNC1c1cccc([N+](=O)[O-])c1. The maximum Gasteiger partial charge on any atom is 0.269 e. The molecule has 1 saturated heterocycles. The largest absolute Gasteiger partial charge is 0.322 e. The lowest BCUT2D eigenvalue weighted by molar-refractivity contribution is -0.385. The highest BCUT2D eigenvalue weighted by Crippen LogP contribution is 2.25. The molecule has 0 saturated carbocycles. The van der Waals surface area contributed by atoms with Gasteiger partial charge < -0.3 is 4.90 Å². The van der Waals surface area contributed by atoms with Crippen LogP contribution in [0.2, 0.25) is 0 Å². The second kappa shape index (κ2) is 7.42. The molecule has 1 amide bonds. The van der Waals surface area contributed by atoms with Gasteiger partial charge in [0.1, 0.15) is 6.17 Å². The highest BCUT2D eigenvalue weighted by molar-refractivity contribution is 7.98. The Bertz CT molecular complexity index is 524. The summed E-state index contributed by atoms with van der Waals surface area (Å²) in [6.07, 6.45) is 3.81. The summed E-state index contributed by atoms with van der Waals surface area (Å²) >= 11 is 1.79. The Morgan fingerprint density at radius 2 is 2.29 bits per heavy atom. The Morgan fingerprint density at radius 1 is 1.48 bits per heavy atom. The number of non-ortho nitro benzene ring substituents is 1. The lowest BCUT2D eigenvalue weighted by atomic mass is 10.1. The zero-order chi connectivity index (χ0) is 15.2. The molecular weight excluding hydrogens is 290 g/mol. The van der Waals surface area contributed by atoms with Gasteiger partial charge >= 0.3 is 0 Å². The van der Waals surface area contributed by atoms with E-state index >= 15 is 0 Å². The Balaban J connectivity index is 2.08. The molecule has 1 fully saturated rings. The first-order valence-electron chi connectivity index (χ1n) is 6.89. The molecule has 1 aliphatic heterocycles. The summed E-state index contributed by atoms with van der Waals surface area (Å²) in [5.74, 6) is 1.13. The zero-order valence-electron chi connectivity index (χ0n) is 11.9. The van der Waals surface area contributed by atoms with E-state index in [0.717, 1.165) is 24.2 Å². The first-order chi connectivity index (χ1) is 10.1. The number of carbonyl (C=O) groups excluding carboxylic acids is 1. The predicted octanol–water partition coefficient (Wildman–Crippen LogP) is 2.17. The summed E-state index contributed by atoms with van der Waals surface area (Å²) in [6, 6.07) is 6.47. The molecule has 0 bridgehead atoms. The maximum atomic E-state index is 12.0. The van der Waals surface area contributed by atoms with Crippen molar-refractivity contribution in [2.75, 3.05) is 25.1 Å². The van der Waals surface area contributed by atoms with E-state index in [2.05, 4.69) is 11.6 Å². The fourth-order valence-electron chi connectivity index (χ4n) is 2.43. The average molecular weight is 309 g/mol. The molecule has 0 radical (unpaired) electrons. The summed E-state index contributed by atoms with van der Waals surface area (Å²) < 4.78 is 0. The second-order valence-electron chi connectivity index (χ2n) is 4.92. The van der Waals surface area contributed by atoms with Gasteiger partial charge in [0.05, 0.1) is 11.5 Å². The zero-order valence-corrected chi connectivity index (χ0v) is 12.8. The van der Waals surface area contributed by atoms with Gasteiger partial charge in [0.2, 0.25) is 5.91 Å². The van der Waals surface area contributed by atoms with E-state index in [1.807, 2.05) is 6.07 Å². The molecule has 7 heteroatoms. The van der Waals surface area contributed by atoms with Crippen LogP contribution in [0, 0.1) is 10.1 Å². The van der Waals surface area contributed by atoms with Gasteiger partial charge in [0.15, 0.2) is 0 Å². The number of unbranched alkanes of at least 4 members (excludes halogenated alkanes) is 1. The Kier molecular flexibility index (Phi) is 5.58. The van der Waals surface area contributed by atoms with Crippen LogP contribution in [-0.2, 0) is 4.79 Å². The minimum atomic E-state index is -0.414. The van der Waals surface area contributed by atoms with Crippen LogP contribution >= 0.6 is 11.8 Å². The molecule has 0 aliphatic carbocycles. The van der Waals surface area contributed by atoms with Crippen LogP contribution < -0.4 is 5.32 Å². The van der Waals surface area contributed by atoms with Crippen molar-refractivity contribution in [2.24, 2.45) is 0 Å². The lowest BCUT2D eigenvalue weighted by Gasteiger charge is -2.24. The van der Waals surface area contributed by atoms with E-state index in [4.69, 9.17) is 0 Å². The molecule has 1 aromatic carbocycles. The maximum absolute atomic E-state index is 12.0. The normalized spacial score (nSPS) is 18.2. The smallest absolute Gasteiger partial charge is 0.269 e. The minimum absolute atomic E-state index is 0.0515. The monoisotopic (exact) mass is 309 g/mol. The molecule has 2 rings (SSSR count). The first kappa shape index (κ1) is 15.8. The number of hydrogen-bond acceptors (Lipinski definition) is 5.